The van der Waals surface area contributed by atoms with Gasteiger partial charge in [0.2, 0.25) is 0 Å². The molecule has 0 aliphatic carbocycles. The van der Waals surface area contributed by atoms with Gasteiger partial charge in [-0.15, -0.1) is 11.3 Å². The van der Waals surface area contributed by atoms with Crippen LogP contribution in [0.1, 0.15) is 29.9 Å². The summed E-state index contributed by atoms with van der Waals surface area (Å²) in [5.41, 5.74) is 7.31. The van der Waals surface area contributed by atoms with E-state index in [1.54, 1.807) is 17.4 Å². The number of thiocarbonyl (C=S) groups is 1. The van der Waals surface area contributed by atoms with Crippen LogP contribution in [0, 0.1) is 5.82 Å². The van der Waals surface area contributed by atoms with Crippen molar-refractivity contribution >= 4 is 28.5 Å². The van der Waals surface area contributed by atoms with Crippen LogP contribution in [0.25, 0.3) is 0 Å². The quantitative estimate of drug-likeness (QED) is 0.817. The van der Waals surface area contributed by atoms with E-state index in [1.165, 1.54) is 17.0 Å². The Labute approximate surface area is 134 Å². The van der Waals surface area contributed by atoms with E-state index in [4.69, 9.17) is 18.0 Å². The highest BCUT2D eigenvalue weighted by Crippen LogP contribution is 2.19. The van der Waals surface area contributed by atoms with Crippen molar-refractivity contribution in [2.24, 2.45) is 5.73 Å². The summed E-state index contributed by atoms with van der Waals surface area (Å²) in [5.74, 6) is -0.309. The minimum atomic E-state index is -0.309. The van der Waals surface area contributed by atoms with Crippen LogP contribution in [0.5, 0.6) is 0 Å². The lowest BCUT2D eigenvalue weighted by molar-refractivity contribution is 0.205. The molecule has 1 aromatic carbocycles. The summed E-state index contributed by atoms with van der Waals surface area (Å²) in [7, 11) is 0. The van der Waals surface area contributed by atoms with Gasteiger partial charge >= 0.3 is 0 Å². The lowest BCUT2D eigenvalue weighted by Gasteiger charge is -2.27. The summed E-state index contributed by atoms with van der Waals surface area (Å²) in [6.07, 6.45) is 0. The summed E-state index contributed by atoms with van der Waals surface area (Å²) in [6, 6.07) is 9.20. The van der Waals surface area contributed by atoms with Gasteiger partial charge < -0.3 is 5.73 Å². The van der Waals surface area contributed by atoms with Gasteiger partial charge in [-0.25, -0.2) is 4.39 Å². The minimum Gasteiger partial charge on any atom is -0.389 e. The van der Waals surface area contributed by atoms with Crippen molar-refractivity contribution in [3.05, 3.63) is 57.5 Å². The predicted molar refractivity (Wildman–Crippen MR) is 91.0 cm³/mol. The second-order valence-electron chi connectivity index (χ2n) is 5.24. The second-order valence-corrected chi connectivity index (χ2v) is 6.72. The first-order valence-corrected chi connectivity index (χ1v) is 8.11. The monoisotopic (exact) mass is 322 g/mol. The van der Waals surface area contributed by atoms with E-state index in [-0.39, 0.29) is 10.8 Å². The molecule has 2 nitrogen and oxygen atoms in total. The van der Waals surface area contributed by atoms with E-state index in [0.29, 0.717) is 18.2 Å². The summed E-state index contributed by atoms with van der Waals surface area (Å²) in [4.78, 5) is 3.87. The number of halogens is 1. The molecule has 2 rings (SSSR count). The number of rotatable bonds is 6. The molecule has 0 bridgehead atoms. The fourth-order valence-electron chi connectivity index (χ4n) is 2.16. The maximum Gasteiger partial charge on any atom is 0.123 e. The first kappa shape index (κ1) is 16.1. The Morgan fingerprint density at radius 3 is 2.67 bits per heavy atom. The molecule has 0 saturated carbocycles. The molecule has 21 heavy (non-hydrogen) atoms. The van der Waals surface area contributed by atoms with E-state index >= 15 is 0 Å². The Balaban J connectivity index is 2.22. The summed E-state index contributed by atoms with van der Waals surface area (Å²) in [6.45, 7) is 5.86. The molecule has 0 unspecified atom stereocenters. The number of benzene rings is 1. The number of nitrogens with zero attached hydrogens (tertiary/aromatic N) is 1. The number of thiophene rings is 1. The van der Waals surface area contributed by atoms with Crippen molar-refractivity contribution in [1.82, 2.24) is 4.90 Å². The third kappa shape index (κ3) is 4.33. The number of hydrogen-bond donors (Lipinski definition) is 1. The molecule has 0 radical (unpaired) electrons. The van der Waals surface area contributed by atoms with E-state index in [2.05, 4.69) is 36.3 Å². The van der Waals surface area contributed by atoms with Gasteiger partial charge in [-0.1, -0.05) is 24.4 Å². The van der Waals surface area contributed by atoms with Crippen molar-refractivity contribution < 1.29 is 4.39 Å². The van der Waals surface area contributed by atoms with Crippen LogP contribution in [0.2, 0.25) is 0 Å². The van der Waals surface area contributed by atoms with E-state index in [0.717, 1.165) is 12.1 Å². The van der Waals surface area contributed by atoms with Gasteiger partial charge in [0.05, 0.1) is 0 Å². The fourth-order valence-corrected chi connectivity index (χ4v) is 3.08. The van der Waals surface area contributed by atoms with Crippen LogP contribution in [0.4, 0.5) is 4.39 Å². The predicted octanol–water partition coefficient (Wildman–Crippen LogP) is 3.93. The molecule has 1 aromatic heterocycles. The Bertz CT molecular complexity index is 609. The Morgan fingerprint density at radius 1 is 1.33 bits per heavy atom. The molecule has 5 heteroatoms. The molecule has 0 atom stereocenters. The van der Waals surface area contributed by atoms with E-state index in [9.17, 15) is 4.39 Å². The topological polar surface area (TPSA) is 29.3 Å². The minimum absolute atomic E-state index is 0.240. The Hall–Kier alpha value is -1.30. The first-order chi connectivity index (χ1) is 9.97. The molecule has 112 valence electrons. The Kier molecular flexibility index (Phi) is 5.45. The zero-order chi connectivity index (χ0) is 15.4. The lowest BCUT2D eigenvalue weighted by atomic mass is 10.1. The normalized spacial score (nSPS) is 11.3. The standard InChI is InChI=1S/C16H19FN2S2/c1-11(2)19(10-14-4-3-7-21-14)9-12-5-6-13(17)8-15(12)16(18)20/h3-8,11H,9-10H2,1-2H3,(H2,18,20). The van der Waals surface area contributed by atoms with Gasteiger partial charge in [-0.3, -0.25) is 4.90 Å². The molecule has 2 N–H and O–H groups in total. The van der Waals surface area contributed by atoms with Gasteiger partial charge in [0.1, 0.15) is 10.8 Å². The largest absolute Gasteiger partial charge is 0.389 e. The zero-order valence-electron chi connectivity index (χ0n) is 12.2. The molecule has 0 aliphatic heterocycles. The first-order valence-electron chi connectivity index (χ1n) is 6.82. The van der Waals surface area contributed by atoms with Crippen LogP contribution in [0.15, 0.2) is 35.7 Å². The Morgan fingerprint density at radius 2 is 2.10 bits per heavy atom. The number of nitrogens with two attached hydrogens (primary N) is 1. The highest BCUT2D eigenvalue weighted by atomic mass is 32.1. The summed E-state index contributed by atoms with van der Waals surface area (Å²) in [5, 5.41) is 2.08. The molecule has 1 heterocycles. The molecule has 0 amide bonds. The van der Waals surface area contributed by atoms with Crippen molar-refractivity contribution in [1.29, 1.82) is 0 Å². The molecule has 0 aliphatic rings. The third-order valence-corrected chi connectivity index (χ3v) is 4.46. The average Bonchev–Trinajstić information content (AvgIpc) is 2.92. The summed E-state index contributed by atoms with van der Waals surface area (Å²) >= 11 is 6.78. The molecular formula is C16H19FN2S2. The number of hydrogen-bond acceptors (Lipinski definition) is 3. The van der Waals surface area contributed by atoms with Crippen LogP contribution < -0.4 is 5.73 Å². The van der Waals surface area contributed by atoms with Crippen molar-refractivity contribution in [2.45, 2.75) is 33.0 Å². The van der Waals surface area contributed by atoms with Gasteiger partial charge in [-0.05, 0) is 43.0 Å². The average molecular weight is 322 g/mol. The van der Waals surface area contributed by atoms with Crippen LogP contribution in [-0.4, -0.2) is 15.9 Å². The van der Waals surface area contributed by atoms with Gasteiger partial charge in [0.15, 0.2) is 0 Å². The van der Waals surface area contributed by atoms with Crippen molar-refractivity contribution in [3.8, 4) is 0 Å². The van der Waals surface area contributed by atoms with Crippen molar-refractivity contribution in [2.75, 3.05) is 0 Å². The highest BCUT2D eigenvalue weighted by Gasteiger charge is 2.15. The summed E-state index contributed by atoms with van der Waals surface area (Å²) < 4.78 is 13.4. The van der Waals surface area contributed by atoms with E-state index < -0.39 is 0 Å². The van der Waals surface area contributed by atoms with Gasteiger partial charge in [0.25, 0.3) is 0 Å². The smallest absolute Gasteiger partial charge is 0.123 e. The fraction of sp³-hybridized carbons (Fsp3) is 0.312. The molecule has 0 spiro atoms. The van der Waals surface area contributed by atoms with Gasteiger partial charge in [0, 0.05) is 29.6 Å². The maximum absolute atomic E-state index is 13.4. The van der Waals surface area contributed by atoms with Crippen LogP contribution in [0.3, 0.4) is 0 Å². The highest BCUT2D eigenvalue weighted by molar-refractivity contribution is 7.80. The SMILES string of the molecule is CC(C)N(Cc1cccs1)Cc1ccc(F)cc1C(N)=S. The molecule has 0 saturated heterocycles. The lowest BCUT2D eigenvalue weighted by Crippen LogP contribution is -2.30. The van der Waals surface area contributed by atoms with E-state index in [1.807, 2.05) is 0 Å². The molecule has 2 aromatic rings. The zero-order valence-corrected chi connectivity index (χ0v) is 13.8. The van der Waals surface area contributed by atoms with Crippen LogP contribution >= 0.6 is 23.6 Å². The molecular weight excluding hydrogens is 303 g/mol. The molecule has 0 fully saturated rings. The maximum atomic E-state index is 13.4. The van der Waals surface area contributed by atoms with Crippen LogP contribution in [-0.2, 0) is 13.1 Å². The van der Waals surface area contributed by atoms with Crippen molar-refractivity contribution in [3.63, 3.8) is 0 Å². The van der Waals surface area contributed by atoms with Gasteiger partial charge in [-0.2, -0.15) is 0 Å². The third-order valence-electron chi connectivity index (χ3n) is 3.38. The second kappa shape index (κ2) is 7.11.